The molecule has 44 heavy (non-hydrogen) atoms. The summed E-state index contributed by atoms with van der Waals surface area (Å²) in [5, 5.41) is 11.4. The van der Waals surface area contributed by atoms with E-state index in [0.29, 0.717) is 0 Å². The average Bonchev–Trinajstić information content (AvgIpc) is 3.64. The van der Waals surface area contributed by atoms with Gasteiger partial charge >= 0.3 is 0 Å². The largest absolute Gasteiger partial charge is 0.292 e. The minimum atomic E-state index is 0.930. The van der Waals surface area contributed by atoms with E-state index in [1.54, 1.807) is 17.7 Å². The molecule has 0 unspecified atom stereocenters. The smallest absolute Gasteiger partial charge is 0.159 e. The highest BCUT2D eigenvalue weighted by Crippen LogP contribution is 2.41. The number of aromatic nitrogens is 3. The summed E-state index contributed by atoms with van der Waals surface area (Å²) in [5.74, 6) is 0.930. The van der Waals surface area contributed by atoms with Crippen molar-refractivity contribution in [2.75, 3.05) is 0 Å². The van der Waals surface area contributed by atoms with Crippen molar-refractivity contribution in [2.24, 2.45) is 0 Å². The third-order valence-electron chi connectivity index (χ3n) is 9.10. The molecule has 3 heterocycles. The minimum Gasteiger partial charge on any atom is -0.292 e. The van der Waals surface area contributed by atoms with E-state index in [9.17, 15) is 0 Å². The summed E-state index contributed by atoms with van der Waals surface area (Å²) >= 11 is 1.77. The van der Waals surface area contributed by atoms with Crippen molar-refractivity contribution < 1.29 is 0 Å². The van der Waals surface area contributed by atoms with Gasteiger partial charge in [0.05, 0.1) is 21.3 Å². The molecule has 0 bridgehead atoms. The predicted molar refractivity (Wildman–Crippen MR) is 187 cm³/mol. The van der Waals surface area contributed by atoms with E-state index in [0.717, 1.165) is 32.5 Å². The molecule has 204 valence electrons. The molecule has 4 heteroatoms. The number of fused-ring (bicyclic) bond motifs is 12. The Balaban J connectivity index is 1.20. The minimum absolute atomic E-state index is 0.930. The van der Waals surface area contributed by atoms with Crippen molar-refractivity contribution in [3.63, 3.8) is 0 Å². The summed E-state index contributed by atoms with van der Waals surface area (Å²) < 4.78 is 4.61. The van der Waals surface area contributed by atoms with Crippen LogP contribution in [0.5, 0.6) is 0 Å². The van der Waals surface area contributed by atoms with Crippen LogP contribution in [0.4, 0.5) is 0 Å². The quantitative estimate of drug-likeness (QED) is 0.191. The first-order valence-electron chi connectivity index (χ1n) is 14.8. The van der Waals surface area contributed by atoms with Crippen molar-refractivity contribution in [3.05, 3.63) is 140 Å². The van der Waals surface area contributed by atoms with Crippen LogP contribution in [0, 0.1) is 0 Å². The molecule has 0 amide bonds. The Hall–Kier alpha value is -5.58. The molecule has 10 rings (SSSR count). The Morgan fingerprint density at radius 1 is 0.432 bits per heavy atom. The first-order chi connectivity index (χ1) is 21.8. The molecule has 0 spiro atoms. The Bertz CT molecular complexity index is 2700. The van der Waals surface area contributed by atoms with Crippen LogP contribution in [-0.4, -0.2) is 14.5 Å². The first-order valence-corrected chi connectivity index (χ1v) is 15.6. The molecule has 0 radical (unpaired) electrons. The fraction of sp³-hybridized carbons (Fsp3) is 0. The van der Waals surface area contributed by atoms with Gasteiger partial charge in [0.2, 0.25) is 0 Å². The van der Waals surface area contributed by atoms with Gasteiger partial charge in [-0.05, 0) is 73.8 Å². The normalized spacial score (nSPS) is 12.1. The number of rotatable bonds is 2. The van der Waals surface area contributed by atoms with Gasteiger partial charge in [0, 0.05) is 20.9 Å². The van der Waals surface area contributed by atoms with Crippen LogP contribution in [0.1, 0.15) is 0 Å². The lowest BCUT2D eigenvalue weighted by atomic mass is 9.92. The van der Waals surface area contributed by atoms with Gasteiger partial charge in [-0.25, -0.2) is 9.97 Å². The lowest BCUT2D eigenvalue weighted by Gasteiger charge is -2.12. The zero-order valence-corrected chi connectivity index (χ0v) is 24.3. The van der Waals surface area contributed by atoms with Gasteiger partial charge in [-0.1, -0.05) is 103 Å². The molecule has 0 aliphatic carbocycles. The first kappa shape index (κ1) is 23.9. The molecular formula is C40H23N3S. The molecule has 0 saturated carbocycles. The zero-order chi connectivity index (χ0) is 28.8. The third kappa shape index (κ3) is 3.26. The second-order valence-electron chi connectivity index (χ2n) is 11.4. The number of hydrogen-bond donors (Lipinski definition) is 0. The van der Waals surface area contributed by atoms with E-state index in [4.69, 9.17) is 9.97 Å². The van der Waals surface area contributed by atoms with Crippen molar-refractivity contribution in [2.45, 2.75) is 0 Å². The van der Waals surface area contributed by atoms with E-state index in [2.05, 4.69) is 138 Å². The van der Waals surface area contributed by atoms with Crippen molar-refractivity contribution >= 4 is 85.8 Å². The standard InChI is InChI=1S/C40H23N3S/c1-2-11-28-26(9-1)27-10-3-4-12-29(27)33-21-24(17-19-30(28)33)25-18-20-37-34(22-25)38-39(44-37)40(42-23-41-38)43-35-15-7-5-13-31(35)32-14-6-8-16-36(32)43/h1-23H. The molecule has 0 atom stereocenters. The molecule has 0 fully saturated rings. The predicted octanol–water partition coefficient (Wildman–Crippen LogP) is 11.1. The summed E-state index contributed by atoms with van der Waals surface area (Å²) in [7, 11) is 0. The van der Waals surface area contributed by atoms with Crippen LogP contribution in [0.3, 0.4) is 0 Å². The number of nitrogens with zero attached hydrogens (tertiary/aromatic N) is 3. The topological polar surface area (TPSA) is 30.7 Å². The van der Waals surface area contributed by atoms with Crippen molar-refractivity contribution in [1.82, 2.24) is 14.5 Å². The molecule has 0 aliphatic rings. The fourth-order valence-electron chi connectivity index (χ4n) is 7.14. The van der Waals surface area contributed by atoms with Crippen LogP contribution in [0.25, 0.3) is 91.4 Å². The fourth-order valence-corrected chi connectivity index (χ4v) is 8.26. The Morgan fingerprint density at radius 3 is 1.57 bits per heavy atom. The van der Waals surface area contributed by atoms with Crippen LogP contribution in [0.15, 0.2) is 140 Å². The van der Waals surface area contributed by atoms with Crippen LogP contribution >= 0.6 is 11.3 Å². The lowest BCUT2D eigenvalue weighted by molar-refractivity contribution is 1.08. The van der Waals surface area contributed by atoms with Gasteiger partial charge in [-0.2, -0.15) is 0 Å². The summed E-state index contributed by atoms with van der Waals surface area (Å²) in [4.78, 5) is 9.72. The monoisotopic (exact) mass is 577 g/mol. The molecule has 0 saturated heterocycles. The summed E-state index contributed by atoms with van der Waals surface area (Å²) in [6.07, 6.45) is 1.72. The van der Waals surface area contributed by atoms with Gasteiger partial charge in [0.15, 0.2) is 5.82 Å². The van der Waals surface area contributed by atoms with Gasteiger partial charge in [0.1, 0.15) is 6.33 Å². The molecular weight excluding hydrogens is 555 g/mol. The second-order valence-corrected chi connectivity index (χ2v) is 12.5. The van der Waals surface area contributed by atoms with Gasteiger partial charge in [-0.15, -0.1) is 11.3 Å². The van der Waals surface area contributed by atoms with Crippen LogP contribution in [0.2, 0.25) is 0 Å². The maximum Gasteiger partial charge on any atom is 0.159 e. The van der Waals surface area contributed by atoms with Crippen LogP contribution in [-0.2, 0) is 0 Å². The molecule has 10 aromatic rings. The Labute approximate surface area is 256 Å². The van der Waals surface area contributed by atoms with E-state index < -0.39 is 0 Å². The SMILES string of the molecule is c1ccc2c(c1)c1ccccc1c1cc(-c3ccc4sc5c(-n6c7ccccc7c7ccccc76)ncnc5c4c3)ccc21. The molecule has 0 N–H and O–H groups in total. The average molecular weight is 578 g/mol. The Kier molecular flexibility index (Phi) is 4.87. The highest BCUT2D eigenvalue weighted by atomic mass is 32.1. The highest BCUT2D eigenvalue weighted by Gasteiger charge is 2.18. The third-order valence-corrected chi connectivity index (χ3v) is 10.3. The Morgan fingerprint density at radius 2 is 0.932 bits per heavy atom. The van der Waals surface area contributed by atoms with Crippen molar-refractivity contribution in [1.29, 1.82) is 0 Å². The lowest BCUT2D eigenvalue weighted by Crippen LogP contribution is -1.98. The van der Waals surface area contributed by atoms with Gasteiger partial charge < -0.3 is 0 Å². The van der Waals surface area contributed by atoms with E-state index in [-0.39, 0.29) is 0 Å². The molecule has 0 aliphatic heterocycles. The van der Waals surface area contributed by atoms with E-state index in [1.165, 1.54) is 58.9 Å². The zero-order valence-electron chi connectivity index (χ0n) is 23.5. The summed E-state index contributed by atoms with van der Waals surface area (Å²) in [6, 6.07) is 48.4. The number of hydrogen-bond acceptors (Lipinski definition) is 3. The number of benzene rings is 7. The summed E-state index contributed by atoms with van der Waals surface area (Å²) in [6.45, 7) is 0. The second kappa shape index (κ2) is 8.96. The maximum atomic E-state index is 4.88. The molecule has 3 nitrogen and oxygen atoms in total. The van der Waals surface area contributed by atoms with Crippen LogP contribution < -0.4 is 0 Å². The van der Waals surface area contributed by atoms with Gasteiger partial charge in [-0.3, -0.25) is 4.57 Å². The maximum absolute atomic E-state index is 4.88. The van der Waals surface area contributed by atoms with Crippen molar-refractivity contribution in [3.8, 4) is 16.9 Å². The van der Waals surface area contributed by atoms with E-state index in [1.807, 2.05) is 0 Å². The highest BCUT2D eigenvalue weighted by molar-refractivity contribution is 7.26. The number of thiophene rings is 1. The molecule has 3 aromatic heterocycles. The summed E-state index contributed by atoms with van der Waals surface area (Å²) in [5.41, 5.74) is 5.70. The van der Waals surface area contributed by atoms with Gasteiger partial charge in [0.25, 0.3) is 0 Å². The number of para-hydroxylation sites is 2. The molecule has 7 aromatic carbocycles. The van der Waals surface area contributed by atoms with E-state index >= 15 is 0 Å².